The molecule has 0 bridgehead atoms. The van der Waals surface area contributed by atoms with Gasteiger partial charge in [-0.1, -0.05) is 109 Å². The Morgan fingerprint density at radius 2 is 1.18 bits per heavy atom. The van der Waals surface area contributed by atoms with E-state index in [1.54, 1.807) is 0 Å². The summed E-state index contributed by atoms with van der Waals surface area (Å²) >= 11 is 0. The molecule has 0 atom stereocenters. The summed E-state index contributed by atoms with van der Waals surface area (Å²) in [4.78, 5) is 9.56. The molecule has 1 fully saturated rings. The quantitative estimate of drug-likeness (QED) is 0.163. The first-order valence-electron chi connectivity index (χ1n) is 16.3. The van der Waals surface area contributed by atoms with Crippen LogP contribution in [0.1, 0.15) is 152 Å². The molecule has 1 aromatic heterocycles. The SMILES string of the molecule is CCCCCCCCCCCCOc1ccc(CCc2cnc(C3CCC(CCCCC)CC3)nc2)cc1. The lowest BCUT2D eigenvalue weighted by atomic mass is 9.79. The molecule has 0 unspecified atom stereocenters. The van der Waals surface area contributed by atoms with Crippen molar-refractivity contribution in [2.75, 3.05) is 6.61 Å². The summed E-state index contributed by atoms with van der Waals surface area (Å²) in [5, 5.41) is 0. The van der Waals surface area contributed by atoms with Crippen LogP contribution in [0, 0.1) is 5.92 Å². The lowest BCUT2D eigenvalue weighted by molar-refractivity contribution is 0.297. The van der Waals surface area contributed by atoms with Gasteiger partial charge < -0.3 is 4.74 Å². The number of hydrogen-bond donors (Lipinski definition) is 0. The number of ether oxygens (including phenoxy) is 1. The van der Waals surface area contributed by atoms with Gasteiger partial charge in [0, 0.05) is 18.3 Å². The number of nitrogens with zero attached hydrogens (tertiary/aromatic N) is 2. The topological polar surface area (TPSA) is 35.0 Å². The molecule has 2 aromatic rings. The molecule has 3 rings (SSSR count). The van der Waals surface area contributed by atoms with Crippen LogP contribution in [0.5, 0.6) is 5.75 Å². The Kier molecular flexibility index (Phi) is 15.5. The van der Waals surface area contributed by atoms with Crippen LogP contribution in [0.2, 0.25) is 0 Å². The number of unbranched alkanes of at least 4 members (excludes halogenated alkanes) is 11. The van der Waals surface area contributed by atoms with Crippen LogP contribution in [0.4, 0.5) is 0 Å². The highest BCUT2D eigenvalue weighted by molar-refractivity contribution is 5.28. The van der Waals surface area contributed by atoms with Gasteiger partial charge in [0.15, 0.2) is 0 Å². The van der Waals surface area contributed by atoms with Gasteiger partial charge in [-0.25, -0.2) is 9.97 Å². The van der Waals surface area contributed by atoms with Gasteiger partial charge in [0.05, 0.1) is 6.61 Å². The lowest BCUT2D eigenvalue weighted by Gasteiger charge is -2.27. The van der Waals surface area contributed by atoms with Gasteiger partial charge in [-0.3, -0.25) is 0 Å². The van der Waals surface area contributed by atoms with Crippen LogP contribution in [-0.4, -0.2) is 16.6 Å². The first-order valence-corrected chi connectivity index (χ1v) is 16.3. The van der Waals surface area contributed by atoms with E-state index in [9.17, 15) is 0 Å². The maximum absolute atomic E-state index is 5.98. The van der Waals surface area contributed by atoms with Crippen molar-refractivity contribution in [3.63, 3.8) is 0 Å². The average molecular weight is 521 g/mol. The highest BCUT2D eigenvalue weighted by Crippen LogP contribution is 2.36. The monoisotopic (exact) mass is 520 g/mol. The van der Waals surface area contributed by atoms with Crippen molar-refractivity contribution >= 4 is 0 Å². The molecule has 3 heteroatoms. The molecular formula is C35H56N2O. The van der Waals surface area contributed by atoms with E-state index in [-0.39, 0.29) is 0 Å². The summed E-state index contributed by atoms with van der Waals surface area (Å²) in [5.74, 6) is 3.58. The largest absolute Gasteiger partial charge is 0.494 e. The minimum Gasteiger partial charge on any atom is -0.494 e. The summed E-state index contributed by atoms with van der Waals surface area (Å²) in [7, 11) is 0. The molecule has 0 spiro atoms. The van der Waals surface area contributed by atoms with Gasteiger partial charge in [-0.05, 0) is 74.1 Å². The lowest BCUT2D eigenvalue weighted by Crippen LogP contribution is -2.15. The third kappa shape index (κ3) is 12.3. The second kappa shape index (κ2) is 19.2. The second-order valence-electron chi connectivity index (χ2n) is 11.8. The highest BCUT2D eigenvalue weighted by Gasteiger charge is 2.23. The van der Waals surface area contributed by atoms with Crippen molar-refractivity contribution < 1.29 is 4.74 Å². The Balaban J connectivity index is 1.25. The third-order valence-corrected chi connectivity index (χ3v) is 8.55. The number of hydrogen-bond acceptors (Lipinski definition) is 3. The molecule has 0 N–H and O–H groups in total. The van der Waals surface area contributed by atoms with E-state index < -0.39 is 0 Å². The summed E-state index contributed by atoms with van der Waals surface area (Å²) in [6.07, 6.45) is 30.5. The molecule has 38 heavy (non-hydrogen) atoms. The third-order valence-electron chi connectivity index (χ3n) is 8.55. The number of rotatable bonds is 20. The van der Waals surface area contributed by atoms with Crippen molar-refractivity contribution in [2.45, 2.75) is 148 Å². The molecule has 3 nitrogen and oxygen atoms in total. The number of aryl methyl sites for hydroxylation is 2. The van der Waals surface area contributed by atoms with Crippen molar-refractivity contribution in [1.82, 2.24) is 9.97 Å². The van der Waals surface area contributed by atoms with E-state index in [0.717, 1.165) is 43.4 Å². The summed E-state index contributed by atoms with van der Waals surface area (Å²) in [5.41, 5.74) is 2.59. The van der Waals surface area contributed by atoms with Gasteiger partial charge >= 0.3 is 0 Å². The second-order valence-corrected chi connectivity index (χ2v) is 11.8. The van der Waals surface area contributed by atoms with Crippen molar-refractivity contribution in [2.24, 2.45) is 5.92 Å². The average Bonchev–Trinajstić information content (AvgIpc) is 2.96. The van der Waals surface area contributed by atoms with E-state index in [0.29, 0.717) is 5.92 Å². The minimum atomic E-state index is 0.569. The smallest absolute Gasteiger partial charge is 0.131 e. The minimum absolute atomic E-state index is 0.569. The highest BCUT2D eigenvalue weighted by atomic mass is 16.5. The van der Waals surface area contributed by atoms with Crippen LogP contribution in [0.3, 0.4) is 0 Å². The van der Waals surface area contributed by atoms with E-state index in [1.165, 1.54) is 120 Å². The van der Waals surface area contributed by atoms with E-state index in [2.05, 4.69) is 50.5 Å². The maximum Gasteiger partial charge on any atom is 0.131 e. The maximum atomic E-state index is 5.98. The fraction of sp³-hybridized carbons (Fsp3) is 0.714. The predicted octanol–water partition coefficient (Wildman–Crippen LogP) is 10.4. The fourth-order valence-electron chi connectivity index (χ4n) is 5.92. The summed E-state index contributed by atoms with van der Waals surface area (Å²) < 4.78 is 5.98. The van der Waals surface area contributed by atoms with Crippen molar-refractivity contribution in [3.05, 3.63) is 53.6 Å². The first-order chi connectivity index (χ1) is 18.8. The molecule has 0 aliphatic heterocycles. The molecule has 1 heterocycles. The van der Waals surface area contributed by atoms with E-state index in [4.69, 9.17) is 14.7 Å². The number of benzene rings is 1. The van der Waals surface area contributed by atoms with Crippen molar-refractivity contribution in [3.8, 4) is 5.75 Å². The van der Waals surface area contributed by atoms with Crippen LogP contribution in [0.25, 0.3) is 0 Å². The van der Waals surface area contributed by atoms with Crippen LogP contribution in [0.15, 0.2) is 36.7 Å². The molecule has 1 aliphatic rings. The van der Waals surface area contributed by atoms with Gasteiger partial charge in [0.25, 0.3) is 0 Å². The zero-order valence-corrected chi connectivity index (χ0v) is 24.8. The molecule has 1 aromatic carbocycles. The molecule has 1 aliphatic carbocycles. The fourth-order valence-corrected chi connectivity index (χ4v) is 5.92. The zero-order valence-electron chi connectivity index (χ0n) is 24.8. The Morgan fingerprint density at radius 3 is 1.82 bits per heavy atom. The van der Waals surface area contributed by atoms with Gasteiger partial charge in [0.1, 0.15) is 11.6 Å². The zero-order chi connectivity index (χ0) is 26.7. The molecule has 0 radical (unpaired) electrons. The summed E-state index contributed by atoms with van der Waals surface area (Å²) in [6.45, 7) is 5.41. The molecule has 212 valence electrons. The Bertz CT molecular complexity index is 824. The normalized spacial score (nSPS) is 17.5. The molecule has 1 saturated carbocycles. The Morgan fingerprint density at radius 1 is 0.632 bits per heavy atom. The molecule has 0 amide bonds. The van der Waals surface area contributed by atoms with Crippen LogP contribution >= 0.6 is 0 Å². The van der Waals surface area contributed by atoms with Crippen LogP contribution in [-0.2, 0) is 12.8 Å². The van der Waals surface area contributed by atoms with Gasteiger partial charge in [0.2, 0.25) is 0 Å². The summed E-state index contributed by atoms with van der Waals surface area (Å²) in [6, 6.07) is 8.68. The van der Waals surface area contributed by atoms with Gasteiger partial charge in [-0.15, -0.1) is 0 Å². The standard InChI is InChI=1S/C35H56N2O/c1-3-5-7-8-9-10-11-12-13-15-27-38-34-25-21-31(22-26-34)17-18-32-28-36-35(37-29-32)33-23-19-30(20-24-33)16-14-6-4-2/h21-22,25-26,28-30,33H,3-20,23-24,27H2,1-2H3. The molecule has 0 saturated heterocycles. The number of aromatic nitrogens is 2. The van der Waals surface area contributed by atoms with Gasteiger partial charge in [-0.2, -0.15) is 0 Å². The molecular weight excluding hydrogens is 464 g/mol. The predicted molar refractivity (Wildman–Crippen MR) is 162 cm³/mol. The van der Waals surface area contributed by atoms with Crippen molar-refractivity contribution in [1.29, 1.82) is 0 Å². The Hall–Kier alpha value is -1.90. The van der Waals surface area contributed by atoms with E-state index >= 15 is 0 Å². The van der Waals surface area contributed by atoms with Crippen LogP contribution < -0.4 is 4.74 Å². The van der Waals surface area contributed by atoms with E-state index in [1.807, 2.05) is 0 Å². The first kappa shape index (κ1) is 30.6. The Labute approximate surface area is 234 Å².